The van der Waals surface area contributed by atoms with Crippen LogP contribution in [0, 0.1) is 10.7 Å². The SMILES string of the molecule is CC(C)(N)C(=O)NC(Cc1ccccc1F)C(=O)N=O. The van der Waals surface area contributed by atoms with Crippen molar-refractivity contribution in [2.45, 2.75) is 31.8 Å². The number of rotatable bonds is 5. The van der Waals surface area contributed by atoms with Gasteiger partial charge in [-0.1, -0.05) is 18.2 Å². The highest BCUT2D eigenvalue weighted by atomic mass is 19.1. The molecule has 1 aromatic rings. The average Bonchev–Trinajstić information content (AvgIpc) is 2.38. The van der Waals surface area contributed by atoms with Gasteiger partial charge in [0.15, 0.2) is 0 Å². The van der Waals surface area contributed by atoms with Gasteiger partial charge in [0.25, 0.3) is 0 Å². The van der Waals surface area contributed by atoms with E-state index in [0.717, 1.165) is 0 Å². The predicted molar refractivity (Wildman–Crippen MR) is 71.1 cm³/mol. The van der Waals surface area contributed by atoms with Crippen LogP contribution in [-0.2, 0) is 16.0 Å². The fourth-order valence-electron chi connectivity index (χ4n) is 1.49. The first kappa shape index (κ1) is 15.9. The number of nitrogens with zero attached hydrogens (tertiary/aromatic N) is 1. The molecule has 0 aliphatic heterocycles. The molecule has 1 atom stereocenters. The molecule has 3 N–H and O–H groups in total. The molecule has 0 radical (unpaired) electrons. The second-order valence-corrected chi connectivity index (χ2v) is 4.97. The fraction of sp³-hybridized carbons (Fsp3) is 0.385. The van der Waals surface area contributed by atoms with Crippen LogP contribution in [0.3, 0.4) is 0 Å². The Morgan fingerprint density at radius 1 is 1.40 bits per heavy atom. The summed E-state index contributed by atoms with van der Waals surface area (Å²) in [4.78, 5) is 33.6. The monoisotopic (exact) mass is 281 g/mol. The molecule has 1 aromatic carbocycles. The molecule has 0 aliphatic carbocycles. The maximum Gasteiger partial charge on any atom is 0.308 e. The van der Waals surface area contributed by atoms with Gasteiger partial charge < -0.3 is 11.1 Å². The van der Waals surface area contributed by atoms with E-state index in [1.54, 1.807) is 6.07 Å². The minimum atomic E-state index is -1.24. The maximum absolute atomic E-state index is 13.5. The highest BCUT2D eigenvalue weighted by molar-refractivity contribution is 5.91. The summed E-state index contributed by atoms with van der Waals surface area (Å²) in [6, 6.07) is 4.53. The number of benzene rings is 1. The van der Waals surface area contributed by atoms with Crippen LogP contribution in [0.15, 0.2) is 29.4 Å². The predicted octanol–water partition coefficient (Wildman–Crippen LogP) is 0.883. The van der Waals surface area contributed by atoms with Crippen LogP contribution in [0.2, 0.25) is 0 Å². The van der Waals surface area contributed by atoms with E-state index in [9.17, 15) is 18.9 Å². The summed E-state index contributed by atoms with van der Waals surface area (Å²) in [5, 5.41) is 4.59. The molecular weight excluding hydrogens is 265 g/mol. The molecule has 6 nitrogen and oxygen atoms in total. The first-order valence-corrected chi connectivity index (χ1v) is 5.96. The van der Waals surface area contributed by atoms with Gasteiger partial charge in [-0.2, -0.15) is 0 Å². The molecule has 0 fully saturated rings. The number of amides is 2. The van der Waals surface area contributed by atoms with E-state index in [4.69, 9.17) is 5.73 Å². The van der Waals surface area contributed by atoms with Crippen molar-refractivity contribution in [2.24, 2.45) is 10.9 Å². The molecule has 1 rings (SSSR count). The second kappa shape index (κ2) is 6.33. The topological polar surface area (TPSA) is 102 Å². The van der Waals surface area contributed by atoms with Crippen LogP contribution in [0.25, 0.3) is 0 Å². The van der Waals surface area contributed by atoms with Gasteiger partial charge in [-0.05, 0) is 25.5 Å². The van der Waals surface area contributed by atoms with Gasteiger partial charge in [0, 0.05) is 11.6 Å². The minimum absolute atomic E-state index is 0.168. The number of halogens is 1. The Morgan fingerprint density at radius 3 is 2.50 bits per heavy atom. The largest absolute Gasteiger partial charge is 0.342 e. The molecule has 0 saturated carbocycles. The first-order chi connectivity index (χ1) is 9.25. The summed E-state index contributed by atoms with van der Waals surface area (Å²) in [5.41, 5.74) is 4.56. The molecule has 0 aromatic heterocycles. The number of hydrogen-bond acceptors (Lipinski definition) is 4. The summed E-state index contributed by atoms with van der Waals surface area (Å²) in [5.74, 6) is -2.24. The van der Waals surface area contributed by atoms with Gasteiger partial charge in [-0.3, -0.25) is 9.59 Å². The van der Waals surface area contributed by atoms with Crippen molar-refractivity contribution in [3.05, 3.63) is 40.6 Å². The lowest BCUT2D eigenvalue weighted by Crippen LogP contribution is -2.54. The summed E-state index contributed by atoms with van der Waals surface area (Å²) in [7, 11) is 0. The molecule has 108 valence electrons. The Labute approximate surface area is 115 Å². The van der Waals surface area contributed by atoms with Crippen LogP contribution in [-0.4, -0.2) is 23.4 Å². The number of nitrogens with two attached hydrogens (primary N) is 1. The molecule has 0 aliphatic rings. The van der Waals surface area contributed by atoms with Crippen LogP contribution in [0.5, 0.6) is 0 Å². The summed E-state index contributed by atoms with van der Waals surface area (Å²) in [6.07, 6.45) is -0.168. The molecule has 7 heteroatoms. The smallest absolute Gasteiger partial charge is 0.308 e. The van der Waals surface area contributed by atoms with E-state index in [-0.39, 0.29) is 12.0 Å². The Balaban J connectivity index is 2.92. The second-order valence-electron chi connectivity index (χ2n) is 4.97. The molecule has 2 amide bonds. The molecule has 0 heterocycles. The molecule has 0 saturated heterocycles. The standard InChI is InChI=1S/C13H16FN3O3/c1-13(2,15)12(19)16-10(11(18)17-20)7-8-5-3-4-6-9(8)14/h3-6,10H,7,15H2,1-2H3,(H,16,19). The van der Waals surface area contributed by atoms with Crippen LogP contribution in [0.4, 0.5) is 4.39 Å². The van der Waals surface area contributed by atoms with Crippen LogP contribution < -0.4 is 11.1 Å². The zero-order chi connectivity index (χ0) is 15.3. The molecule has 0 spiro atoms. The lowest BCUT2D eigenvalue weighted by molar-refractivity contribution is -0.130. The van der Waals surface area contributed by atoms with Crippen molar-refractivity contribution >= 4 is 11.8 Å². The Morgan fingerprint density at radius 2 is 2.00 bits per heavy atom. The van der Waals surface area contributed by atoms with Gasteiger partial charge in [0.05, 0.1) is 5.54 Å². The average molecular weight is 281 g/mol. The summed E-state index contributed by atoms with van der Waals surface area (Å²) in [6.45, 7) is 2.89. The molecule has 0 bridgehead atoms. The van der Waals surface area contributed by atoms with Crippen molar-refractivity contribution < 1.29 is 14.0 Å². The third kappa shape index (κ3) is 4.20. The molecule has 1 unspecified atom stereocenters. The highest BCUT2D eigenvalue weighted by Crippen LogP contribution is 2.11. The Hall–Kier alpha value is -2.15. The quantitative estimate of drug-likeness (QED) is 0.782. The minimum Gasteiger partial charge on any atom is -0.342 e. The van der Waals surface area contributed by atoms with E-state index in [1.807, 2.05) is 0 Å². The Kier molecular flexibility index (Phi) is 5.04. The van der Waals surface area contributed by atoms with Gasteiger partial charge in [-0.25, -0.2) is 4.39 Å². The Bertz CT molecular complexity index is 526. The van der Waals surface area contributed by atoms with Crippen LogP contribution >= 0.6 is 0 Å². The number of nitrogens with one attached hydrogen (secondary N) is 1. The van der Waals surface area contributed by atoms with Gasteiger partial charge in [0.1, 0.15) is 11.9 Å². The summed E-state index contributed by atoms with van der Waals surface area (Å²) >= 11 is 0. The zero-order valence-electron chi connectivity index (χ0n) is 11.2. The van der Waals surface area contributed by atoms with Crippen molar-refractivity contribution in [1.29, 1.82) is 0 Å². The third-order valence-electron chi connectivity index (χ3n) is 2.66. The fourth-order valence-corrected chi connectivity index (χ4v) is 1.49. The normalized spacial score (nSPS) is 12.6. The van der Waals surface area contributed by atoms with E-state index < -0.39 is 29.2 Å². The third-order valence-corrected chi connectivity index (χ3v) is 2.66. The lowest BCUT2D eigenvalue weighted by Gasteiger charge is -2.22. The van der Waals surface area contributed by atoms with Crippen molar-refractivity contribution in [3.63, 3.8) is 0 Å². The van der Waals surface area contributed by atoms with E-state index in [2.05, 4.69) is 10.5 Å². The van der Waals surface area contributed by atoms with E-state index in [1.165, 1.54) is 32.0 Å². The van der Waals surface area contributed by atoms with Gasteiger partial charge in [0.2, 0.25) is 5.91 Å². The van der Waals surface area contributed by atoms with E-state index in [0.29, 0.717) is 0 Å². The summed E-state index contributed by atoms with van der Waals surface area (Å²) < 4.78 is 13.5. The first-order valence-electron chi connectivity index (χ1n) is 5.96. The zero-order valence-corrected chi connectivity index (χ0v) is 11.2. The van der Waals surface area contributed by atoms with Gasteiger partial charge in [-0.15, -0.1) is 4.91 Å². The number of carbonyl (C=O) groups is 2. The van der Waals surface area contributed by atoms with Crippen LogP contribution in [0.1, 0.15) is 19.4 Å². The van der Waals surface area contributed by atoms with Crippen molar-refractivity contribution in [1.82, 2.24) is 5.32 Å². The molecular formula is C13H16FN3O3. The molecule has 20 heavy (non-hydrogen) atoms. The number of nitroso groups, excluding NO2 is 1. The van der Waals surface area contributed by atoms with Crippen molar-refractivity contribution in [3.8, 4) is 0 Å². The van der Waals surface area contributed by atoms with E-state index >= 15 is 0 Å². The van der Waals surface area contributed by atoms with Crippen molar-refractivity contribution in [2.75, 3.05) is 0 Å². The number of carbonyl (C=O) groups excluding carboxylic acids is 2. The highest BCUT2D eigenvalue weighted by Gasteiger charge is 2.29. The number of hydrogen-bond donors (Lipinski definition) is 2. The maximum atomic E-state index is 13.5. The van der Waals surface area contributed by atoms with Gasteiger partial charge >= 0.3 is 5.91 Å². The lowest BCUT2D eigenvalue weighted by atomic mass is 10.0.